The number of anilines is 3. The number of nitrogens with zero attached hydrogens (tertiary/aromatic N) is 3. The van der Waals surface area contributed by atoms with Gasteiger partial charge in [0.15, 0.2) is 5.82 Å². The molecule has 2 N–H and O–H groups in total. The van der Waals surface area contributed by atoms with Crippen molar-refractivity contribution in [2.75, 3.05) is 30.9 Å². The molecule has 106 valence electrons. The molecule has 2 rings (SSSR count). The summed E-state index contributed by atoms with van der Waals surface area (Å²) in [6.45, 7) is 3.31. The van der Waals surface area contributed by atoms with Crippen LogP contribution < -0.4 is 10.6 Å². The van der Waals surface area contributed by atoms with Gasteiger partial charge in [-0.15, -0.1) is 5.10 Å². The van der Waals surface area contributed by atoms with E-state index >= 15 is 0 Å². The van der Waals surface area contributed by atoms with Crippen LogP contribution in [0.15, 0.2) is 28.9 Å². The summed E-state index contributed by atoms with van der Waals surface area (Å²) in [6.07, 6.45) is 1.57. The maximum atomic E-state index is 4.97. The highest BCUT2D eigenvalue weighted by atomic mass is 79.9. The molecule has 0 saturated carbocycles. The van der Waals surface area contributed by atoms with Crippen LogP contribution in [0, 0.1) is 6.92 Å². The number of hydrogen-bond donors (Lipinski definition) is 2. The van der Waals surface area contributed by atoms with Crippen LogP contribution in [0.2, 0.25) is 0 Å². The third kappa shape index (κ3) is 4.14. The molecule has 2 aromatic rings. The van der Waals surface area contributed by atoms with Gasteiger partial charge < -0.3 is 15.4 Å². The maximum absolute atomic E-state index is 4.97. The largest absolute Gasteiger partial charge is 0.383 e. The van der Waals surface area contributed by atoms with Crippen LogP contribution >= 0.6 is 15.9 Å². The number of methoxy groups -OCH3 is 1. The van der Waals surface area contributed by atoms with Gasteiger partial charge in [0, 0.05) is 18.1 Å². The van der Waals surface area contributed by atoms with Crippen LogP contribution in [0.3, 0.4) is 0 Å². The van der Waals surface area contributed by atoms with E-state index < -0.39 is 0 Å². The van der Waals surface area contributed by atoms with Gasteiger partial charge in [-0.3, -0.25) is 0 Å². The molecule has 0 bridgehead atoms. The number of benzene rings is 1. The van der Waals surface area contributed by atoms with Crippen molar-refractivity contribution in [2.24, 2.45) is 0 Å². The van der Waals surface area contributed by atoms with Gasteiger partial charge in [0.25, 0.3) is 0 Å². The predicted molar refractivity (Wildman–Crippen MR) is 82.4 cm³/mol. The summed E-state index contributed by atoms with van der Waals surface area (Å²) in [5.41, 5.74) is 2.07. The van der Waals surface area contributed by atoms with Gasteiger partial charge in [-0.05, 0) is 40.5 Å². The summed E-state index contributed by atoms with van der Waals surface area (Å²) in [5.74, 6) is 1.10. The zero-order valence-electron chi connectivity index (χ0n) is 11.4. The van der Waals surface area contributed by atoms with Crippen LogP contribution in [-0.2, 0) is 4.74 Å². The molecule has 0 aliphatic rings. The number of aryl methyl sites for hydroxylation is 1. The van der Waals surface area contributed by atoms with Crippen LogP contribution in [0.4, 0.5) is 17.5 Å². The normalized spacial score (nSPS) is 10.3. The topological polar surface area (TPSA) is 72.0 Å². The van der Waals surface area contributed by atoms with Gasteiger partial charge >= 0.3 is 0 Å². The molecule has 6 nitrogen and oxygen atoms in total. The van der Waals surface area contributed by atoms with Gasteiger partial charge in [0.1, 0.15) is 0 Å². The van der Waals surface area contributed by atoms with E-state index in [-0.39, 0.29) is 0 Å². The van der Waals surface area contributed by atoms with Gasteiger partial charge in [-0.25, -0.2) is 0 Å². The molecule has 0 unspecified atom stereocenters. The Morgan fingerprint density at radius 3 is 2.95 bits per heavy atom. The monoisotopic (exact) mass is 337 g/mol. The maximum Gasteiger partial charge on any atom is 0.249 e. The molecule has 0 fully saturated rings. The van der Waals surface area contributed by atoms with Gasteiger partial charge in [0.05, 0.1) is 18.5 Å². The molecular weight excluding hydrogens is 322 g/mol. The second-order valence-corrected chi connectivity index (χ2v) is 5.05. The summed E-state index contributed by atoms with van der Waals surface area (Å²) >= 11 is 3.50. The number of ether oxygens (including phenoxy) is 1. The van der Waals surface area contributed by atoms with Gasteiger partial charge in [0.2, 0.25) is 5.95 Å². The fraction of sp³-hybridized carbons (Fsp3) is 0.308. The van der Waals surface area contributed by atoms with Crippen molar-refractivity contribution in [2.45, 2.75) is 6.92 Å². The molecule has 0 amide bonds. The Morgan fingerprint density at radius 2 is 2.20 bits per heavy atom. The first-order valence-corrected chi connectivity index (χ1v) is 6.94. The third-order valence-electron chi connectivity index (χ3n) is 2.54. The Bertz CT molecular complexity index is 578. The minimum atomic E-state index is 0.442. The molecule has 0 saturated heterocycles. The van der Waals surface area contributed by atoms with Crippen LogP contribution in [0.5, 0.6) is 0 Å². The van der Waals surface area contributed by atoms with Crippen molar-refractivity contribution in [1.29, 1.82) is 0 Å². The van der Waals surface area contributed by atoms with Gasteiger partial charge in [-0.2, -0.15) is 10.1 Å². The quantitative estimate of drug-likeness (QED) is 0.789. The van der Waals surface area contributed by atoms with Crippen molar-refractivity contribution in [3.63, 3.8) is 0 Å². The first-order chi connectivity index (χ1) is 9.69. The SMILES string of the molecule is COCCNc1cnnc(Nc2ccc(C)cc2Br)n1. The zero-order valence-corrected chi connectivity index (χ0v) is 12.9. The Morgan fingerprint density at radius 1 is 1.35 bits per heavy atom. The third-order valence-corrected chi connectivity index (χ3v) is 3.20. The minimum Gasteiger partial charge on any atom is -0.383 e. The number of hydrogen-bond acceptors (Lipinski definition) is 6. The molecule has 7 heteroatoms. The number of rotatable bonds is 6. The lowest BCUT2D eigenvalue weighted by Crippen LogP contribution is -2.10. The molecule has 1 aromatic heterocycles. The molecular formula is C13H16BrN5O. The highest BCUT2D eigenvalue weighted by Crippen LogP contribution is 2.25. The number of halogens is 1. The molecule has 0 aliphatic carbocycles. The summed E-state index contributed by atoms with van der Waals surface area (Å²) in [7, 11) is 1.65. The smallest absolute Gasteiger partial charge is 0.249 e. The van der Waals surface area contributed by atoms with E-state index in [0.29, 0.717) is 24.9 Å². The van der Waals surface area contributed by atoms with E-state index in [2.05, 4.69) is 41.7 Å². The van der Waals surface area contributed by atoms with E-state index in [1.165, 1.54) is 5.56 Å². The number of nitrogens with one attached hydrogen (secondary N) is 2. The molecule has 0 radical (unpaired) electrons. The molecule has 0 aliphatic heterocycles. The second-order valence-electron chi connectivity index (χ2n) is 4.19. The average molecular weight is 338 g/mol. The van der Waals surface area contributed by atoms with Crippen molar-refractivity contribution in [3.05, 3.63) is 34.4 Å². The highest BCUT2D eigenvalue weighted by Gasteiger charge is 2.04. The van der Waals surface area contributed by atoms with E-state index in [4.69, 9.17) is 4.74 Å². The van der Waals surface area contributed by atoms with E-state index in [9.17, 15) is 0 Å². The summed E-state index contributed by atoms with van der Waals surface area (Å²) in [6, 6.07) is 6.01. The molecule has 20 heavy (non-hydrogen) atoms. The Balaban J connectivity index is 2.07. The standard InChI is InChI=1S/C13H16BrN5O/c1-9-3-4-11(10(14)7-9)17-13-18-12(8-16-19-13)15-5-6-20-2/h3-4,7-8H,5-6H2,1-2H3,(H2,15,17,18,19). The van der Waals surface area contributed by atoms with E-state index in [1.807, 2.05) is 25.1 Å². The minimum absolute atomic E-state index is 0.442. The van der Waals surface area contributed by atoms with Crippen molar-refractivity contribution in [1.82, 2.24) is 15.2 Å². The lowest BCUT2D eigenvalue weighted by atomic mass is 10.2. The second kappa shape index (κ2) is 7.16. The first kappa shape index (κ1) is 14.7. The fourth-order valence-electron chi connectivity index (χ4n) is 1.56. The Labute approximate surface area is 126 Å². The first-order valence-electron chi connectivity index (χ1n) is 6.15. The van der Waals surface area contributed by atoms with Crippen molar-refractivity contribution < 1.29 is 4.74 Å². The predicted octanol–water partition coefficient (Wildman–Crippen LogP) is 2.74. The molecule has 0 atom stereocenters. The zero-order chi connectivity index (χ0) is 14.4. The molecule has 0 spiro atoms. The lowest BCUT2D eigenvalue weighted by Gasteiger charge is -2.09. The fourth-order valence-corrected chi connectivity index (χ4v) is 2.16. The Kier molecular flexibility index (Phi) is 5.25. The van der Waals surface area contributed by atoms with E-state index in [1.54, 1.807) is 13.3 Å². The van der Waals surface area contributed by atoms with Crippen LogP contribution in [-0.4, -0.2) is 35.4 Å². The van der Waals surface area contributed by atoms with Crippen molar-refractivity contribution >= 4 is 33.4 Å². The van der Waals surface area contributed by atoms with Gasteiger partial charge in [-0.1, -0.05) is 6.07 Å². The lowest BCUT2D eigenvalue weighted by molar-refractivity contribution is 0.210. The molecule has 1 aromatic carbocycles. The summed E-state index contributed by atoms with van der Waals surface area (Å²) < 4.78 is 5.93. The average Bonchev–Trinajstić information content (AvgIpc) is 2.43. The van der Waals surface area contributed by atoms with E-state index in [0.717, 1.165) is 10.2 Å². The van der Waals surface area contributed by atoms with Crippen LogP contribution in [0.1, 0.15) is 5.56 Å². The molecule has 1 heterocycles. The number of aromatic nitrogens is 3. The van der Waals surface area contributed by atoms with Crippen LogP contribution in [0.25, 0.3) is 0 Å². The Hall–Kier alpha value is -1.73. The van der Waals surface area contributed by atoms with Crippen molar-refractivity contribution in [3.8, 4) is 0 Å². The summed E-state index contributed by atoms with van der Waals surface area (Å²) in [4.78, 5) is 4.33. The summed E-state index contributed by atoms with van der Waals surface area (Å²) in [5, 5.41) is 14.1. The highest BCUT2D eigenvalue weighted by molar-refractivity contribution is 9.10.